The van der Waals surface area contributed by atoms with Gasteiger partial charge in [-0.3, -0.25) is 0 Å². The predicted octanol–water partition coefficient (Wildman–Crippen LogP) is 8.29. The van der Waals surface area contributed by atoms with Crippen LogP contribution in [0.4, 0.5) is 0 Å². The molecule has 0 saturated heterocycles. The SMILES string of the molecule is c1ccc(-c2ccc3[nH]c4cc5[nH]c6ccc(-c7ccccc7)cc6c5cc4c3c2)cc1. The Bertz CT molecular complexity index is 1620. The summed E-state index contributed by atoms with van der Waals surface area (Å²) in [6.07, 6.45) is 0. The molecule has 150 valence electrons. The van der Waals surface area contributed by atoms with Crippen LogP contribution in [0.2, 0.25) is 0 Å². The maximum Gasteiger partial charge on any atom is 0.0486 e. The lowest BCUT2D eigenvalue weighted by atomic mass is 10.0. The van der Waals surface area contributed by atoms with Gasteiger partial charge in [0, 0.05) is 43.6 Å². The second-order valence-electron chi connectivity index (χ2n) is 8.45. The molecule has 7 aromatic rings. The van der Waals surface area contributed by atoms with Gasteiger partial charge < -0.3 is 9.97 Å². The van der Waals surface area contributed by atoms with Gasteiger partial charge >= 0.3 is 0 Å². The molecule has 32 heavy (non-hydrogen) atoms. The maximum absolute atomic E-state index is 3.61. The molecule has 0 atom stereocenters. The summed E-state index contributed by atoms with van der Waals surface area (Å²) < 4.78 is 0. The van der Waals surface area contributed by atoms with Crippen molar-refractivity contribution in [2.24, 2.45) is 0 Å². The zero-order valence-corrected chi connectivity index (χ0v) is 17.4. The maximum atomic E-state index is 3.61. The molecule has 2 nitrogen and oxygen atoms in total. The number of fused-ring (bicyclic) bond motifs is 6. The van der Waals surface area contributed by atoms with Crippen LogP contribution >= 0.6 is 0 Å². The van der Waals surface area contributed by atoms with E-state index in [2.05, 4.69) is 119 Å². The third-order valence-corrected chi connectivity index (χ3v) is 6.53. The Balaban J connectivity index is 1.48. The number of hydrogen-bond donors (Lipinski definition) is 2. The van der Waals surface area contributed by atoms with Gasteiger partial charge in [-0.05, 0) is 58.7 Å². The minimum Gasteiger partial charge on any atom is -0.354 e. The molecule has 0 aliphatic rings. The van der Waals surface area contributed by atoms with E-state index in [-0.39, 0.29) is 0 Å². The van der Waals surface area contributed by atoms with Crippen LogP contribution in [0.5, 0.6) is 0 Å². The van der Waals surface area contributed by atoms with Crippen molar-refractivity contribution in [2.75, 3.05) is 0 Å². The molecule has 0 radical (unpaired) electrons. The van der Waals surface area contributed by atoms with Gasteiger partial charge in [0.1, 0.15) is 0 Å². The molecule has 5 aromatic carbocycles. The molecule has 2 N–H and O–H groups in total. The van der Waals surface area contributed by atoms with E-state index in [0.717, 1.165) is 11.0 Å². The number of aromatic amines is 2. The van der Waals surface area contributed by atoms with Crippen LogP contribution < -0.4 is 0 Å². The first-order valence-electron chi connectivity index (χ1n) is 11.0. The fourth-order valence-corrected chi connectivity index (χ4v) is 4.91. The van der Waals surface area contributed by atoms with Crippen molar-refractivity contribution in [1.29, 1.82) is 0 Å². The van der Waals surface area contributed by atoms with E-state index in [1.165, 1.54) is 54.8 Å². The van der Waals surface area contributed by atoms with Crippen LogP contribution in [0, 0.1) is 0 Å². The van der Waals surface area contributed by atoms with Gasteiger partial charge in [-0.1, -0.05) is 72.8 Å². The molecule has 0 spiro atoms. The lowest BCUT2D eigenvalue weighted by Crippen LogP contribution is -1.77. The first kappa shape index (κ1) is 17.4. The van der Waals surface area contributed by atoms with Crippen LogP contribution in [-0.2, 0) is 0 Å². The monoisotopic (exact) mass is 408 g/mol. The molecule has 7 rings (SSSR count). The third-order valence-electron chi connectivity index (χ3n) is 6.53. The Hall–Kier alpha value is -4.30. The molecule has 0 saturated carbocycles. The number of hydrogen-bond acceptors (Lipinski definition) is 0. The largest absolute Gasteiger partial charge is 0.354 e. The highest BCUT2D eigenvalue weighted by molar-refractivity contribution is 6.18. The zero-order chi connectivity index (χ0) is 21.1. The quantitative estimate of drug-likeness (QED) is 0.288. The summed E-state index contributed by atoms with van der Waals surface area (Å²) in [5.41, 5.74) is 9.62. The van der Waals surface area contributed by atoms with E-state index in [1.807, 2.05) is 0 Å². The summed E-state index contributed by atoms with van der Waals surface area (Å²) in [6.45, 7) is 0. The van der Waals surface area contributed by atoms with E-state index in [9.17, 15) is 0 Å². The van der Waals surface area contributed by atoms with Gasteiger partial charge in [0.05, 0.1) is 0 Å². The molecule has 0 amide bonds. The van der Waals surface area contributed by atoms with Gasteiger partial charge in [0.2, 0.25) is 0 Å². The first-order chi connectivity index (χ1) is 15.8. The van der Waals surface area contributed by atoms with Gasteiger partial charge in [0.25, 0.3) is 0 Å². The first-order valence-corrected chi connectivity index (χ1v) is 11.0. The molecule has 0 bridgehead atoms. The lowest BCUT2D eigenvalue weighted by molar-refractivity contribution is 1.52. The summed E-state index contributed by atoms with van der Waals surface area (Å²) in [6, 6.07) is 39.1. The Morgan fingerprint density at radius 2 is 0.750 bits per heavy atom. The second-order valence-corrected chi connectivity index (χ2v) is 8.45. The van der Waals surface area contributed by atoms with E-state index < -0.39 is 0 Å². The molecular formula is C30H20N2. The Morgan fingerprint density at radius 1 is 0.312 bits per heavy atom. The van der Waals surface area contributed by atoms with E-state index >= 15 is 0 Å². The average Bonchev–Trinajstić information content (AvgIpc) is 3.40. The fraction of sp³-hybridized carbons (Fsp3) is 0. The second kappa shape index (κ2) is 6.60. The minimum absolute atomic E-state index is 1.16. The average molecular weight is 409 g/mol. The molecule has 0 unspecified atom stereocenters. The molecular weight excluding hydrogens is 388 g/mol. The van der Waals surface area contributed by atoms with Crippen LogP contribution in [0.25, 0.3) is 65.9 Å². The summed E-state index contributed by atoms with van der Waals surface area (Å²) in [5, 5.41) is 5.04. The fourth-order valence-electron chi connectivity index (χ4n) is 4.91. The highest BCUT2D eigenvalue weighted by Crippen LogP contribution is 2.36. The highest BCUT2D eigenvalue weighted by atomic mass is 14.7. The van der Waals surface area contributed by atoms with E-state index in [4.69, 9.17) is 0 Å². The van der Waals surface area contributed by atoms with Crippen molar-refractivity contribution in [1.82, 2.24) is 9.97 Å². The van der Waals surface area contributed by atoms with Gasteiger partial charge in [-0.25, -0.2) is 0 Å². The van der Waals surface area contributed by atoms with Crippen molar-refractivity contribution in [3.8, 4) is 22.3 Å². The molecule has 2 aromatic heterocycles. The Morgan fingerprint density at radius 3 is 1.22 bits per heavy atom. The normalized spacial score (nSPS) is 11.8. The van der Waals surface area contributed by atoms with Gasteiger partial charge in [-0.15, -0.1) is 0 Å². The van der Waals surface area contributed by atoms with Crippen LogP contribution in [0.3, 0.4) is 0 Å². The lowest BCUT2D eigenvalue weighted by Gasteiger charge is -2.02. The summed E-state index contributed by atoms with van der Waals surface area (Å²) in [5.74, 6) is 0. The molecule has 2 heteroatoms. The smallest absolute Gasteiger partial charge is 0.0486 e. The van der Waals surface area contributed by atoms with Crippen LogP contribution in [0.1, 0.15) is 0 Å². The minimum atomic E-state index is 1.16. The zero-order valence-electron chi connectivity index (χ0n) is 17.4. The number of aromatic nitrogens is 2. The summed E-state index contributed by atoms with van der Waals surface area (Å²) >= 11 is 0. The molecule has 2 heterocycles. The van der Waals surface area contributed by atoms with Crippen molar-refractivity contribution >= 4 is 43.6 Å². The molecule has 0 aliphatic carbocycles. The number of H-pyrrole nitrogens is 2. The predicted molar refractivity (Wildman–Crippen MR) is 136 cm³/mol. The topological polar surface area (TPSA) is 31.6 Å². The molecule has 0 fully saturated rings. The van der Waals surface area contributed by atoms with Crippen molar-refractivity contribution < 1.29 is 0 Å². The number of benzene rings is 5. The third kappa shape index (κ3) is 2.60. The number of rotatable bonds is 2. The Labute approximate surface area is 185 Å². The summed E-state index contributed by atoms with van der Waals surface area (Å²) in [7, 11) is 0. The van der Waals surface area contributed by atoms with Gasteiger partial charge in [0.15, 0.2) is 0 Å². The van der Waals surface area contributed by atoms with Crippen molar-refractivity contribution in [2.45, 2.75) is 0 Å². The van der Waals surface area contributed by atoms with Gasteiger partial charge in [-0.2, -0.15) is 0 Å². The van der Waals surface area contributed by atoms with Crippen LogP contribution in [0.15, 0.2) is 109 Å². The number of nitrogens with one attached hydrogen (secondary N) is 2. The highest BCUT2D eigenvalue weighted by Gasteiger charge is 2.12. The standard InChI is InChI=1S/C30H20N2/c1-3-7-19(8-4-1)21-11-13-27-23(15-21)25-17-26-24-16-22(20-9-5-2-6-10-20)12-14-28(24)32-30(26)18-29(25)31-27/h1-18,31-32H. The van der Waals surface area contributed by atoms with Crippen molar-refractivity contribution in [3.05, 3.63) is 109 Å². The van der Waals surface area contributed by atoms with E-state index in [0.29, 0.717) is 0 Å². The summed E-state index contributed by atoms with van der Waals surface area (Å²) in [4.78, 5) is 7.22. The Kier molecular flexibility index (Phi) is 3.58. The van der Waals surface area contributed by atoms with Crippen LogP contribution in [-0.4, -0.2) is 9.97 Å². The van der Waals surface area contributed by atoms with E-state index in [1.54, 1.807) is 0 Å². The molecule has 0 aliphatic heterocycles. The van der Waals surface area contributed by atoms with Crippen molar-refractivity contribution in [3.63, 3.8) is 0 Å².